The number of ketones is 1. The third-order valence-electron chi connectivity index (χ3n) is 4.21. The first-order valence-corrected chi connectivity index (χ1v) is 10.5. The predicted molar refractivity (Wildman–Crippen MR) is 124 cm³/mol. The number of amides is 2. The third-order valence-corrected chi connectivity index (χ3v) is 5.43. The molecular weight excluding hydrogens is 453 g/mol. The number of nitrogens with zero attached hydrogens (tertiary/aromatic N) is 2. The van der Waals surface area contributed by atoms with E-state index in [-0.39, 0.29) is 16.5 Å². The van der Waals surface area contributed by atoms with Crippen LogP contribution in [-0.2, 0) is 0 Å². The van der Waals surface area contributed by atoms with Crippen molar-refractivity contribution in [2.75, 3.05) is 16.0 Å². The molecular formula is C22H15ClFN5O2S. The second kappa shape index (κ2) is 9.54. The average Bonchev–Trinajstić information content (AvgIpc) is 3.18. The van der Waals surface area contributed by atoms with Gasteiger partial charge in [0, 0.05) is 34.4 Å². The largest absolute Gasteiger partial charge is 0.331 e. The van der Waals surface area contributed by atoms with Gasteiger partial charge in [-0.25, -0.2) is 14.2 Å². The maximum Gasteiger partial charge on any atom is 0.324 e. The van der Waals surface area contributed by atoms with Crippen LogP contribution in [0.2, 0.25) is 5.02 Å². The zero-order valence-corrected chi connectivity index (χ0v) is 17.9. The average molecular weight is 468 g/mol. The highest BCUT2D eigenvalue weighted by Crippen LogP contribution is 2.32. The second-order valence-electron chi connectivity index (χ2n) is 6.48. The lowest BCUT2D eigenvalue weighted by molar-refractivity contribution is 0.104. The molecule has 0 saturated heterocycles. The fourth-order valence-corrected chi connectivity index (χ4v) is 3.74. The van der Waals surface area contributed by atoms with Gasteiger partial charge in [0.25, 0.3) is 0 Å². The molecule has 0 bridgehead atoms. The highest BCUT2D eigenvalue weighted by Gasteiger charge is 2.21. The minimum absolute atomic E-state index is 0.0906. The quantitative estimate of drug-likeness (QED) is 0.304. The summed E-state index contributed by atoms with van der Waals surface area (Å²) in [6, 6.07) is 14.8. The van der Waals surface area contributed by atoms with Crippen LogP contribution in [-0.4, -0.2) is 21.8 Å². The number of nitrogens with one attached hydrogen (secondary N) is 3. The third kappa shape index (κ3) is 5.26. The number of carbonyl (C=O) groups excluding carboxylic acids is 2. The van der Waals surface area contributed by atoms with E-state index < -0.39 is 11.8 Å². The molecule has 10 heteroatoms. The van der Waals surface area contributed by atoms with Crippen molar-refractivity contribution in [3.63, 3.8) is 0 Å². The summed E-state index contributed by atoms with van der Waals surface area (Å²) in [6.07, 6.45) is 3.02. The Hall–Kier alpha value is -3.82. The molecule has 2 aromatic carbocycles. The lowest BCUT2D eigenvalue weighted by atomic mass is 10.1. The minimum atomic E-state index is -0.622. The Kier molecular flexibility index (Phi) is 6.39. The summed E-state index contributed by atoms with van der Waals surface area (Å²) in [5.41, 5.74) is 1.51. The van der Waals surface area contributed by atoms with E-state index in [0.29, 0.717) is 27.1 Å². The number of hydrogen-bond donors (Lipinski definition) is 3. The van der Waals surface area contributed by atoms with Crippen molar-refractivity contribution >= 4 is 57.1 Å². The first-order valence-electron chi connectivity index (χ1n) is 9.29. The molecule has 3 N–H and O–H groups in total. The van der Waals surface area contributed by atoms with Crippen LogP contribution in [0.15, 0.2) is 73.1 Å². The maximum absolute atomic E-state index is 13.1. The van der Waals surface area contributed by atoms with Gasteiger partial charge in [-0.1, -0.05) is 22.9 Å². The van der Waals surface area contributed by atoms with E-state index in [1.54, 1.807) is 36.4 Å². The standard InChI is InChI=1S/C22H15ClFN5O2S/c23-14-1-5-17(6-2-14)27-22-29-20(19(32-22)18(30)13-9-11-25-12-10-13)28-21(31)26-16-7-3-15(24)4-8-16/h1-12H,(H,27,29)(H2,26,28,31). The Morgan fingerprint density at radius 3 is 2.22 bits per heavy atom. The van der Waals surface area contributed by atoms with Gasteiger partial charge in [-0.3, -0.25) is 15.1 Å². The summed E-state index contributed by atoms with van der Waals surface area (Å²) < 4.78 is 13.1. The zero-order chi connectivity index (χ0) is 22.5. The molecule has 2 heterocycles. The van der Waals surface area contributed by atoms with E-state index in [2.05, 4.69) is 25.9 Å². The van der Waals surface area contributed by atoms with Crippen molar-refractivity contribution in [2.24, 2.45) is 0 Å². The highest BCUT2D eigenvalue weighted by molar-refractivity contribution is 7.18. The second-order valence-corrected chi connectivity index (χ2v) is 7.92. The molecule has 2 amide bonds. The molecule has 0 aliphatic carbocycles. The summed E-state index contributed by atoms with van der Waals surface area (Å²) in [7, 11) is 0. The van der Waals surface area contributed by atoms with Crippen molar-refractivity contribution < 1.29 is 14.0 Å². The Bertz CT molecular complexity index is 1250. The smallest absolute Gasteiger partial charge is 0.324 e. The minimum Gasteiger partial charge on any atom is -0.331 e. The number of aromatic nitrogens is 2. The Labute approximate surface area is 191 Å². The van der Waals surface area contributed by atoms with Crippen molar-refractivity contribution in [1.82, 2.24) is 9.97 Å². The number of benzene rings is 2. The molecule has 0 spiro atoms. The van der Waals surface area contributed by atoms with Crippen LogP contribution in [0.5, 0.6) is 0 Å². The molecule has 32 heavy (non-hydrogen) atoms. The molecule has 0 atom stereocenters. The van der Waals surface area contributed by atoms with Gasteiger partial charge in [-0.2, -0.15) is 0 Å². The summed E-state index contributed by atoms with van der Waals surface area (Å²) >= 11 is 7.01. The van der Waals surface area contributed by atoms with Crippen molar-refractivity contribution in [3.8, 4) is 0 Å². The fourth-order valence-electron chi connectivity index (χ4n) is 2.71. The van der Waals surface area contributed by atoms with E-state index >= 15 is 0 Å². The number of halogens is 2. The van der Waals surface area contributed by atoms with Gasteiger partial charge >= 0.3 is 6.03 Å². The number of urea groups is 1. The number of carbonyl (C=O) groups is 2. The van der Waals surface area contributed by atoms with Gasteiger partial charge in [0.1, 0.15) is 10.7 Å². The molecule has 0 unspecified atom stereocenters. The number of anilines is 4. The SMILES string of the molecule is O=C(Nc1ccc(F)cc1)Nc1nc(Nc2ccc(Cl)cc2)sc1C(=O)c1ccncc1. The maximum atomic E-state index is 13.1. The van der Waals surface area contributed by atoms with Crippen LogP contribution < -0.4 is 16.0 Å². The monoisotopic (exact) mass is 467 g/mol. The first kappa shape index (κ1) is 21.4. The molecule has 2 aromatic heterocycles. The molecule has 0 saturated carbocycles. The van der Waals surface area contributed by atoms with Crippen LogP contribution in [0.1, 0.15) is 15.2 Å². The summed E-state index contributed by atoms with van der Waals surface area (Å²) in [4.78, 5) is 34.0. The van der Waals surface area contributed by atoms with Crippen LogP contribution in [0, 0.1) is 5.82 Å². The van der Waals surface area contributed by atoms with E-state index in [4.69, 9.17) is 11.6 Å². The number of thiazole rings is 1. The summed E-state index contributed by atoms with van der Waals surface area (Å²) in [5.74, 6) is -0.641. The van der Waals surface area contributed by atoms with Gasteiger partial charge in [0.2, 0.25) is 5.78 Å². The topological polar surface area (TPSA) is 96.0 Å². The lowest BCUT2D eigenvalue weighted by Gasteiger charge is -2.07. The molecule has 0 aliphatic heterocycles. The molecule has 4 aromatic rings. The van der Waals surface area contributed by atoms with Gasteiger partial charge in [0.15, 0.2) is 10.9 Å². The fraction of sp³-hybridized carbons (Fsp3) is 0. The Balaban J connectivity index is 1.60. The summed E-state index contributed by atoms with van der Waals surface area (Å²) in [6.45, 7) is 0. The van der Waals surface area contributed by atoms with Gasteiger partial charge < -0.3 is 10.6 Å². The van der Waals surface area contributed by atoms with E-state index in [1.807, 2.05) is 0 Å². The molecule has 0 aliphatic rings. The zero-order valence-electron chi connectivity index (χ0n) is 16.3. The molecule has 160 valence electrons. The lowest BCUT2D eigenvalue weighted by Crippen LogP contribution is -2.21. The van der Waals surface area contributed by atoms with Gasteiger partial charge in [-0.15, -0.1) is 0 Å². The van der Waals surface area contributed by atoms with E-state index in [9.17, 15) is 14.0 Å². The van der Waals surface area contributed by atoms with E-state index in [1.165, 1.54) is 36.7 Å². The predicted octanol–water partition coefficient (Wildman–Crippen LogP) is 5.95. The van der Waals surface area contributed by atoms with Crippen molar-refractivity contribution in [1.29, 1.82) is 0 Å². The van der Waals surface area contributed by atoms with Crippen LogP contribution in [0.25, 0.3) is 0 Å². The first-order chi connectivity index (χ1) is 15.5. The highest BCUT2D eigenvalue weighted by atomic mass is 35.5. The summed E-state index contributed by atoms with van der Waals surface area (Å²) in [5, 5.41) is 9.27. The van der Waals surface area contributed by atoms with Crippen molar-refractivity contribution in [2.45, 2.75) is 0 Å². The molecule has 4 rings (SSSR count). The molecule has 0 fully saturated rings. The number of rotatable bonds is 6. The van der Waals surface area contributed by atoms with Crippen molar-refractivity contribution in [3.05, 3.63) is 94.3 Å². The van der Waals surface area contributed by atoms with E-state index in [0.717, 1.165) is 11.3 Å². The normalized spacial score (nSPS) is 10.4. The van der Waals surface area contributed by atoms with Crippen LogP contribution in [0.3, 0.4) is 0 Å². The molecule has 0 radical (unpaired) electrons. The Morgan fingerprint density at radius 2 is 1.53 bits per heavy atom. The van der Waals surface area contributed by atoms with Crippen LogP contribution in [0.4, 0.5) is 31.5 Å². The molecule has 7 nitrogen and oxygen atoms in total. The van der Waals surface area contributed by atoms with Gasteiger partial charge in [-0.05, 0) is 60.7 Å². The number of pyridine rings is 1. The van der Waals surface area contributed by atoms with Crippen LogP contribution >= 0.6 is 22.9 Å². The Morgan fingerprint density at radius 1 is 0.875 bits per heavy atom. The van der Waals surface area contributed by atoms with Gasteiger partial charge in [0.05, 0.1) is 0 Å². The number of hydrogen-bond acceptors (Lipinski definition) is 6.